The summed E-state index contributed by atoms with van der Waals surface area (Å²) in [5, 5.41) is 18.0. The molecule has 0 amide bonds. The Morgan fingerprint density at radius 1 is 1.03 bits per heavy atom. The molecule has 154 valence electrons. The van der Waals surface area contributed by atoms with Crippen molar-refractivity contribution in [2.75, 3.05) is 10.6 Å². The SMILES string of the molecule is O=[N+]([O-])c1ccccc1CNc1cc(-c2ccncc2)nc(NC2CCCCC2)n1. The summed E-state index contributed by atoms with van der Waals surface area (Å²) in [6, 6.07) is 12.7. The zero-order valence-electron chi connectivity index (χ0n) is 16.6. The summed E-state index contributed by atoms with van der Waals surface area (Å²) in [7, 11) is 0. The first kappa shape index (κ1) is 19.8. The number of anilines is 2. The van der Waals surface area contributed by atoms with Crippen molar-refractivity contribution in [3.8, 4) is 11.3 Å². The van der Waals surface area contributed by atoms with Gasteiger partial charge in [-0.2, -0.15) is 4.98 Å². The Morgan fingerprint density at radius 3 is 2.57 bits per heavy atom. The maximum atomic E-state index is 11.3. The molecule has 0 saturated heterocycles. The lowest BCUT2D eigenvalue weighted by Gasteiger charge is -2.23. The van der Waals surface area contributed by atoms with Crippen molar-refractivity contribution in [2.24, 2.45) is 0 Å². The first-order valence-electron chi connectivity index (χ1n) is 10.2. The van der Waals surface area contributed by atoms with E-state index in [4.69, 9.17) is 4.98 Å². The summed E-state index contributed by atoms with van der Waals surface area (Å²) in [5.41, 5.74) is 2.41. The molecule has 1 fully saturated rings. The molecule has 2 heterocycles. The third-order valence-corrected chi connectivity index (χ3v) is 5.29. The Hall–Kier alpha value is -3.55. The van der Waals surface area contributed by atoms with E-state index in [0.29, 0.717) is 29.9 Å². The molecule has 1 saturated carbocycles. The van der Waals surface area contributed by atoms with E-state index in [0.717, 1.165) is 24.1 Å². The number of hydrogen-bond acceptors (Lipinski definition) is 7. The minimum atomic E-state index is -0.366. The quantitative estimate of drug-likeness (QED) is 0.430. The Morgan fingerprint density at radius 2 is 1.80 bits per heavy atom. The highest BCUT2D eigenvalue weighted by Crippen LogP contribution is 2.25. The zero-order valence-corrected chi connectivity index (χ0v) is 16.6. The highest BCUT2D eigenvalue weighted by atomic mass is 16.6. The van der Waals surface area contributed by atoms with E-state index >= 15 is 0 Å². The van der Waals surface area contributed by atoms with Gasteiger partial charge in [0.15, 0.2) is 0 Å². The Labute approximate surface area is 175 Å². The summed E-state index contributed by atoms with van der Waals surface area (Å²) in [4.78, 5) is 24.3. The smallest absolute Gasteiger partial charge is 0.274 e. The van der Waals surface area contributed by atoms with Crippen molar-refractivity contribution in [2.45, 2.75) is 44.7 Å². The summed E-state index contributed by atoms with van der Waals surface area (Å²) >= 11 is 0. The molecular weight excluding hydrogens is 380 g/mol. The van der Waals surface area contributed by atoms with Gasteiger partial charge in [-0.05, 0) is 25.0 Å². The number of benzene rings is 1. The molecule has 2 N–H and O–H groups in total. The average Bonchev–Trinajstić information content (AvgIpc) is 2.79. The van der Waals surface area contributed by atoms with Crippen LogP contribution in [0.15, 0.2) is 54.9 Å². The number of hydrogen-bond donors (Lipinski definition) is 2. The summed E-state index contributed by atoms with van der Waals surface area (Å²) in [5.74, 6) is 1.19. The van der Waals surface area contributed by atoms with Crippen LogP contribution in [0.1, 0.15) is 37.7 Å². The molecule has 1 aliphatic carbocycles. The van der Waals surface area contributed by atoms with E-state index in [2.05, 4.69) is 20.6 Å². The Kier molecular flexibility index (Phi) is 6.12. The first-order valence-corrected chi connectivity index (χ1v) is 10.2. The van der Waals surface area contributed by atoms with Gasteiger partial charge in [0.1, 0.15) is 5.82 Å². The average molecular weight is 404 g/mol. The minimum absolute atomic E-state index is 0.0916. The topological polar surface area (TPSA) is 106 Å². The lowest BCUT2D eigenvalue weighted by atomic mass is 9.96. The number of nitro benzene ring substituents is 1. The van der Waals surface area contributed by atoms with Crippen molar-refractivity contribution < 1.29 is 4.92 Å². The van der Waals surface area contributed by atoms with Gasteiger partial charge in [-0.3, -0.25) is 15.1 Å². The maximum Gasteiger partial charge on any atom is 0.274 e. The van der Waals surface area contributed by atoms with E-state index in [1.165, 1.54) is 25.3 Å². The van der Waals surface area contributed by atoms with Gasteiger partial charge in [0.25, 0.3) is 5.69 Å². The monoisotopic (exact) mass is 404 g/mol. The molecule has 8 nitrogen and oxygen atoms in total. The van der Waals surface area contributed by atoms with E-state index in [9.17, 15) is 10.1 Å². The Bertz CT molecular complexity index is 1010. The van der Waals surface area contributed by atoms with Gasteiger partial charge in [0, 0.05) is 48.2 Å². The van der Waals surface area contributed by atoms with Crippen molar-refractivity contribution in [3.05, 3.63) is 70.5 Å². The lowest BCUT2D eigenvalue weighted by molar-refractivity contribution is -0.385. The van der Waals surface area contributed by atoms with Crippen LogP contribution in [-0.2, 0) is 6.54 Å². The molecule has 2 aromatic heterocycles. The van der Waals surface area contributed by atoms with Crippen LogP contribution < -0.4 is 10.6 Å². The summed E-state index contributed by atoms with van der Waals surface area (Å²) in [6.07, 6.45) is 9.38. The van der Waals surface area contributed by atoms with Gasteiger partial charge in [-0.15, -0.1) is 0 Å². The molecule has 0 atom stereocenters. The number of nitrogens with zero attached hydrogens (tertiary/aromatic N) is 4. The fraction of sp³-hybridized carbons (Fsp3) is 0.318. The summed E-state index contributed by atoms with van der Waals surface area (Å²) in [6.45, 7) is 0.298. The molecule has 0 radical (unpaired) electrons. The number of para-hydroxylation sites is 1. The molecule has 0 aliphatic heterocycles. The van der Waals surface area contributed by atoms with Crippen molar-refractivity contribution in [1.29, 1.82) is 0 Å². The van der Waals surface area contributed by atoms with Crippen LogP contribution >= 0.6 is 0 Å². The van der Waals surface area contributed by atoms with E-state index < -0.39 is 0 Å². The fourth-order valence-electron chi connectivity index (χ4n) is 3.73. The van der Waals surface area contributed by atoms with E-state index in [1.807, 2.05) is 18.2 Å². The Balaban J connectivity index is 1.59. The third kappa shape index (κ3) is 4.89. The number of nitrogens with one attached hydrogen (secondary N) is 2. The molecule has 3 aromatic rings. The van der Waals surface area contributed by atoms with E-state index in [1.54, 1.807) is 30.6 Å². The standard InChI is InChI=1S/C22H24N6O2/c29-28(30)20-9-5-4-6-17(20)15-24-21-14-19(16-10-12-23-13-11-16)26-22(27-21)25-18-7-2-1-3-8-18/h4-6,9-14,18H,1-3,7-8,15H2,(H2,24,25,26,27). The molecule has 0 spiro atoms. The van der Waals surface area contributed by atoms with Gasteiger partial charge in [-0.1, -0.05) is 37.5 Å². The van der Waals surface area contributed by atoms with Crippen LogP contribution in [0, 0.1) is 10.1 Å². The van der Waals surface area contributed by atoms with E-state index in [-0.39, 0.29) is 10.6 Å². The van der Waals surface area contributed by atoms with Crippen molar-refractivity contribution in [3.63, 3.8) is 0 Å². The molecule has 30 heavy (non-hydrogen) atoms. The van der Waals surface area contributed by atoms with Crippen molar-refractivity contribution in [1.82, 2.24) is 15.0 Å². The number of aromatic nitrogens is 3. The second-order valence-electron chi connectivity index (χ2n) is 7.42. The lowest BCUT2D eigenvalue weighted by Crippen LogP contribution is -2.23. The minimum Gasteiger partial charge on any atom is -0.366 e. The van der Waals surface area contributed by atoms with Crippen LogP contribution in [0.2, 0.25) is 0 Å². The van der Waals surface area contributed by atoms with Gasteiger partial charge in [-0.25, -0.2) is 4.98 Å². The second-order valence-corrected chi connectivity index (χ2v) is 7.42. The molecule has 1 aromatic carbocycles. The first-order chi connectivity index (χ1) is 14.7. The number of nitro groups is 1. The predicted octanol–water partition coefficient (Wildman–Crippen LogP) is 4.80. The third-order valence-electron chi connectivity index (χ3n) is 5.29. The number of rotatable bonds is 7. The maximum absolute atomic E-state index is 11.3. The molecule has 4 rings (SSSR count). The largest absolute Gasteiger partial charge is 0.366 e. The predicted molar refractivity (Wildman–Crippen MR) is 116 cm³/mol. The van der Waals surface area contributed by atoms with Crippen LogP contribution in [0.25, 0.3) is 11.3 Å². The molecule has 0 unspecified atom stereocenters. The van der Waals surface area contributed by atoms with Crippen LogP contribution in [0.3, 0.4) is 0 Å². The van der Waals surface area contributed by atoms with Gasteiger partial charge < -0.3 is 10.6 Å². The molecular formula is C22H24N6O2. The van der Waals surface area contributed by atoms with Crippen LogP contribution in [-0.4, -0.2) is 25.9 Å². The highest BCUT2D eigenvalue weighted by Gasteiger charge is 2.16. The summed E-state index contributed by atoms with van der Waals surface area (Å²) < 4.78 is 0. The van der Waals surface area contributed by atoms with Crippen LogP contribution in [0.5, 0.6) is 0 Å². The van der Waals surface area contributed by atoms with Gasteiger partial charge in [0.05, 0.1) is 10.6 Å². The molecule has 1 aliphatic rings. The van der Waals surface area contributed by atoms with Gasteiger partial charge in [0.2, 0.25) is 5.95 Å². The van der Waals surface area contributed by atoms with Crippen molar-refractivity contribution >= 4 is 17.5 Å². The fourth-order valence-corrected chi connectivity index (χ4v) is 3.73. The molecule has 0 bridgehead atoms. The van der Waals surface area contributed by atoms with Crippen LogP contribution in [0.4, 0.5) is 17.5 Å². The zero-order chi connectivity index (χ0) is 20.8. The highest BCUT2D eigenvalue weighted by molar-refractivity contribution is 5.64. The van der Waals surface area contributed by atoms with Gasteiger partial charge >= 0.3 is 0 Å². The molecule has 8 heteroatoms. The normalized spacial score (nSPS) is 14.3. The number of pyridine rings is 1. The second kappa shape index (κ2) is 9.30.